The van der Waals surface area contributed by atoms with Gasteiger partial charge in [0.1, 0.15) is 0 Å². The highest BCUT2D eigenvalue weighted by Crippen LogP contribution is 2.24. The third-order valence-corrected chi connectivity index (χ3v) is 4.08. The van der Waals surface area contributed by atoms with Gasteiger partial charge in [0.25, 0.3) is 11.6 Å². The number of carbonyl (C=O) groups is 3. The third kappa shape index (κ3) is 4.11. The summed E-state index contributed by atoms with van der Waals surface area (Å²) >= 11 is 0. The Kier molecular flexibility index (Phi) is 5.68. The molecule has 2 rings (SSSR count). The Morgan fingerprint density at radius 1 is 1.28 bits per heavy atom. The fourth-order valence-corrected chi connectivity index (χ4v) is 2.76. The Balaban J connectivity index is 2.18. The molecule has 1 aromatic carbocycles. The van der Waals surface area contributed by atoms with Crippen LogP contribution in [0.25, 0.3) is 0 Å². The average molecular weight is 350 g/mol. The lowest BCUT2D eigenvalue weighted by Gasteiger charge is -2.31. The van der Waals surface area contributed by atoms with E-state index < -0.39 is 16.8 Å². The van der Waals surface area contributed by atoms with Crippen molar-refractivity contribution in [2.24, 2.45) is 5.92 Å². The number of aromatic carboxylic acids is 1. The highest BCUT2D eigenvalue weighted by molar-refractivity contribution is 6.05. The van der Waals surface area contributed by atoms with Crippen LogP contribution in [0.5, 0.6) is 0 Å². The Morgan fingerprint density at radius 3 is 2.44 bits per heavy atom. The highest BCUT2D eigenvalue weighted by atomic mass is 16.6. The second kappa shape index (κ2) is 7.73. The number of ether oxygens (including phenoxy) is 1. The second-order valence-corrected chi connectivity index (χ2v) is 5.61. The van der Waals surface area contributed by atoms with Crippen LogP contribution in [-0.4, -0.2) is 52.5 Å². The largest absolute Gasteiger partial charge is 0.478 e. The SMILES string of the molecule is CCOC(=O)C1CCN(C(=O)c2cc([N+](=O)[O-])ccc2C(=O)O)CC1. The normalized spacial score (nSPS) is 14.8. The van der Waals surface area contributed by atoms with Gasteiger partial charge in [0.05, 0.1) is 28.6 Å². The van der Waals surface area contributed by atoms with Gasteiger partial charge in [-0.05, 0) is 25.8 Å². The zero-order valence-electron chi connectivity index (χ0n) is 13.6. The molecule has 134 valence electrons. The van der Waals surface area contributed by atoms with Gasteiger partial charge in [-0.25, -0.2) is 4.79 Å². The molecule has 1 aliphatic rings. The number of nitro groups is 1. The molecule has 1 N–H and O–H groups in total. The average Bonchev–Trinajstić information content (AvgIpc) is 2.60. The number of hydrogen-bond donors (Lipinski definition) is 1. The van der Waals surface area contributed by atoms with E-state index in [9.17, 15) is 29.6 Å². The van der Waals surface area contributed by atoms with Gasteiger partial charge in [-0.1, -0.05) is 0 Å². The van der Waals surface area contributed by atoms with Crippen LogP contribution in [0.1, 0.15) is 40.5 Å². The van der Waals surface area contributed by atoms with E-state index in [0.29, 0.717) is 12.8 Å². The maximum Gasteiger partial charge on any atom is 0.336 e. The van der Waals surface area contributed by atoms with Crippen molar-refractivity contribution in [3.8, 4) is 0 Å². The molecule has 0 saturated carbocycles. The van der Waals surface area contributed by atoms with Crippen LogP contribution in [-0.2, 0) is 9.53 Å². The van der Waals surface area contributed by atoms with Crippen molar-refractivity contribution in [3.63, 3.8) is 0 Å². The van der Waals surface area contributed by atoms with Crippen molar-refractivity contribution in [2.45, 2.75) is 19.8 Å². The Hall–Kier alpha value is -2.97. The van der Waals surface area contributed by atoms with Crippen LogP contribution in [0.4, 0.5) is 5.69 Å². The lowest BCUT2D eigenvalue weighted by atomic mass is 9.96. The zero-order valence-corrected chi connectivity index (χ0v) is 13.6. The number of nitro benzene ring substituents is 1. The minimum Gasteiger partial charge on any atom is -0.478 e. The van der Waals surface area contributed by atoms with Gasteiger partial charge in [-0.3, -0.25) is 19.7 Å². The topological polar surface area (TPSA) is 127 Å². The molecule has 9 heteroatoms. The molecule has 0 aromatic heterocycles. The van der Waals surface area contributed by atoms with E-state index in [1.807, 2.05) is 0 Å². The van der Waals surface area contributed by atoms with E-state index in [2.05, 4.69) is 0 Å². The van der Waals surface area contributed by atoms with Crippen LogP contribution < -0.4 is 0 Å². The lowest BCUT2D eigenvalue weighted by Crippen LogP contribution is -2.41. The second-order valence-electron chi connectivity index (χ2n) is 5.61. The maximum absolute atomic E-state index is 12.6. The molecule has 0 spiro atoms. The number of amides is 1. The molecule has 0 radical (unpaired) electrons. The minimum absolute atomic E-state index is 0.226. The summed E-state index contributed by atoms with van der Waals surface area (Å²) in [5.41, 5.74) is -0.867. The molecule has 1 heterocycles. The van der Waals surface area contributed by atoms with Gasteiger partial charge in [0.2, 0.25) is 0 Å². The maximum atomic E-state index is 12.6. The quantitative estimate of drug-likeness (QED) is 0.486. The number of esters is 1. The number of likely N-dealkylation sites (tertiary alicyclic amines) is 1. The molecule has 0 aliphatic carbocycles. The summed E-state index contributed by atoms with van der Waals surface area (Å²) in [6.07, 6.45) is 0.809. The molecule has 1 aliphatic heterocycles. The van der Waals surface area contributed by atoms with Crippen LogP contribution in [0.3, 0.4) is 0 Å². The first-order valence-corrected chi connectivity index (χ1v) is 7.82. The number of hydrogen-bond acceptors (Lipinski definition) is 6. The van der Waals surface area contributed by atoms with Crippen molar-refractivity contribution < 1.29 is 29.2 Å². The first kappa shape index (κ1) is 18.4. The number of nitrogens with zero attached hydrogens (tertiary/aromatic N) is 2. The first-order chi connectivity index (χ1) is 11.8. The highest BCUT2D eigenvalue weighted by Gasteiger charge is 2.31. The number of piperidine rings is 1. The Labute approximate surface area is 143 Å². The number of benzene rings is 1. The molecule has 1 aromatic rings. The monoisotopic (exact) mass is 350 g/mol. The number of carboxylic acid groups (broad SMARTS) is 1. The molecule has 0 atom stereocenters. The summed E-state index contributed by atoms with van der Waals surface area (Å²) < 4.78 is 4.96. The number of rotatable bonds is 5. The van der Waals surface area contributed by atoms with E-state index in [-0.39, 0.29) is 48.4 Å². The molecule has 0 unspecified atom stereocenters. The zero-order chi connectivity index (χ0) is 18.6. The number of non-ortho nitro benzene ring substituents is 1. The van der Waals surface area contributed by atoms with E-state index in [0.717, 1.165) is 18.2 Å². The van der Waals surface area contributed by atoms with Crippen LogP contribution in [0.2, 0.25) is 0 Å². The molecule has 1 fully saturated rings. The molecular weight excluding hydrogens is 332 g/mol. The van der Waals surface area contributed by atoms with Gasteiger partial charge in [-0.15, -0.1) is 0 Å². The van der Waals surface area contributed by atoms with E-state index in [1.165, 1.54) is 4.90 Å². The molecule has 1 amide bonds. The molecule has 0 bridgehead atoms. The van der Waals surface area contributed by atoms with Gasteiger partial charge >= 0.3 is 11.9 Å². The molecule has 9 nitrogen and oxygen atoms in total. The van der Waals surface area contributed by atoms with Crippen LogP contribution in [0, 0.1) is 16.0 Å². The summed E-state index contributed by atoms with van der Waals surface area (Å²) in [6.45, 7) is 2.51. The van der Waals surface area contributed by atoms with Gasteiger partial charge < -0.3 is 14.7 Å². The molecule has 1 saturated heterocycles. The lowest BCUT2D eigenvalue weighted by molar-refractivity contribution is -0.384. The summed E-state index contributed by atoms with van der Waals surface area (Å²) in [5.74, 6) is -2.53. The van der Waals surface area contributed by atoms with Crippen molar-refractivity contribution in [3.05, 3.63) is 39.4 Å². The number of carboxylic acids is 1. The van der Waals surface area contributed by atoms with E-state index in [4.69, 9.17) is 4.74 Å². The Morgan fingerprint density at radius 2 is 1.92 bits per heavy atom. The Bertz CT molecular complexity index is 708. The standard InChI is InChI=1S/C16H18N2O7/c1-2-25-16(22)10-5-7-17(8-6-10)14(19)13-9-11(18(23)24)3-4-12(13)15(20)21/h3-4,9-10H,2,5-8H2,1H3,(H,20,21). The van der Waals surface area contributed by atoms with Gasteiger partial charge in [-0.2, -0.15) is 0 Å². The fraction of sp³-hybridized carbons (Fsp3) is 0.438. The minimum atomic E-state index is -1.33. The summed E-state index contributed by atoms with van der Waals surface area (Å²) in [7, 11) is 0. The summed E-state index contributed by atoms with van der Waals surface area (Å²) in [5, 5.41) is 20.1. The molecule has 25 heavy (non-hydrogen) atoms. The van der Waals surface area contributed by atoms with Gasteiger partial charge in [0.15, 0.2) is 0 Å². The van der Waals surface area contributed by atoms with Crippen molar-refractivity contribution >= 4 is 23.5 Å². The predicted molar refractivity (Wildman–Crippen MR) is 85.3 cm³/mol. The van der Waals surface area contributed by atoms with E-state index in [1.54, 1.807) is 6.92 Å². The van der Waals surface area contributed by atoms with Crippen molar-refractivity contribution in [1.82, 2.24) is 4.90 Å². The third-order valence-electron chi connectivity index (χ3n) is 4.08. The van der Waals surface area contributed by atoms with Crippen molar-refractivity contribution in [2.75, 3.05) is 19.7 Å². The van der Waals surface area contributed by atoms with Crippen LogP contribution >= 0.6 is 0 Å². The van der Waals surface area contributed by atoms with E-state index >= 15 is 0 Å². The fourth-order valence-electron chi connectivity index (χ4n) is 2.76. The van der Waals surface area contributed by atoms with Crippen molar-refractivity contribution in [1.29, 1.82) is 0 Å². The van der Waals surface area contributed by atoms with Gasteiger partial charge in [0, 0.05) is 25.2 Å². The predicted octanol–water partition coefficient (Wildman–Crippen LogP) is 1.71. The summed E-state index contributed by atoms with van der Waals surface area (Å²) in [4.78, 5) is 47.3. The van der Waals surface area contributed by atoms with Crippen LogP contribution in [0.15, 0.2) is 18.2 Å². The first-order valence-electron chi connectivity index (χ1n) is 7.82. The summed E-state index contributed by atoms with van der Waals surface area (Å²) in [6, 6.07) is 3.08. The molecular formula is C16H18N2O7. The smallest absolute Gasteiger partial charge is 0.336 e. The number of carbonyl (C=O) groups excluding carboxylic acids is 2.